The molecule has 0 spiro atoms. The third kappa shape index (κ3) is 5.17. The smallest absolute Gasteiger partial charge is 0.408 e. The normalized spacial score (nSPS) is 11.9. The molecule has 1 aromatic carbocycles. The molecule has 1 aromatic heterocycles. The van der Waals surface area contributed by atoms with Crippen molar-refractivity contribution in [2.45, 2.75) is 12.7 Å². The van der Waals surface area contributed by atoms with E-state index in [4.69, 9.17) is 10.5 Å². The number of rotatable bonds is 6. The summed E-state index contributed by atoms with van der Waals surface area (Å²) in [5.41, 5.74) is 7.62. The van der Waals surface area contributed by atoms with E-state index in [2.05, 4.69) is 5.10 Å². The monoisotopic (exact) mass is 328 g/mol. The van der Waals surface area contributed by atoms with Crippen molar-refractivity contribution in [2.75, 3.05) is 33.0 Å². The van der Waals surface area contributed by atoms with Gasteiger partial charge in [-0.3, -0.25) is 4.68 Å². The van der Waals surface area contributed by atoms with Gasteiger partial charge in [0.15, 0.2) is 0 Å². The highest BCUT2D eigenvalue weighted by atomic mass is 19.4. The summed E-state index contributed by atoms with van der Waals surface area (Å²) in [5.74, 6) is 0.507. The molecule has 0 unspecified atom stereocenters. The van der Waals surface area contributed by atoms with Gasteiger partial charge in [0.2, 0.25) is 0 Å². The third-order valence-corrected chi connectivity index (χ3v) is 3.12. The molecule has 2 N–H and O–H groups in total. The van der Waals surface area contributed by atoms with Crippen molar-refractivity contribution in [3.8, 4) is 16.9 Å². The van der Waals surface area contributed by atoms with Gasteiger partial charge in [-0.05, 0) is 31.8 Å². The zero-order valence-electron chi connectivity index (χ0n) is 13.0. The summed E-state index contributed by atoms with van der Waals surface area (Å²) in [6, 6.07) is 5.10. The van der Waals surface area contributed by atoms with Gasteiger partial charge in [0.25, 0.3) is 0 Å². The maximum Gasteiger partial charge on any atom is 0.408 e. The zero-order chi connectivity index (χ0) is 17.0. The molecule has 0 atom stereocenters. The maximum absolute atomic E-state index is 12.4. The number of nitrogens with two attached hydrogens (primary N) is 1. The predicted octanol–water partition coefficient (Wildman–Crippen LogP) is 2.63. The van der Waals surface area contributed by atoms with E-state index in [1.165, 1.54) is 12.4 Å². The van der Waals surface area contributed by atoms with E-state index >= 15 is 0 Å². The molecule has 8 heteroatoms. The van der Waals surface area contributed by atoms with Crippen LogP contribution in [0.4, 0.5) is 18.9 Å². The minimum absolute atomic E-state index is 0.466. The summed E-state index contributed by atoms with van der Waals surface area (Å²) < 4.78 is 43.6. The quantitative estimate of drug-likeness (QED) is 0.828. The van der Waals surface area contributed by atoms with Crippen LogP contribution in [0.2, 0.25) is 0 Å². The topological polar surface area (TPSA) is 56.3 Å². The van der Waals surface area contributed by atoms with Crippen LogP contribution in [0.1, 0.15) is 0 Å². The van der Waals surface area contributed by atoms with Gasteiger partial charge < -0.3 is 15.4 Å². The van der Waals surface area contributed by atoms with Crippen LogP contribution in [0.25, 0.3) is 11.1 Å². The van der Waals surface area contributed by atoms with Crippen LogP contribution in [0.15, 0.2) is 30.6 Å². The Kier molecular flexibility index (Phi) is 5.15. The molecule has 5 nitrogen and oxygen atoms in total. The minimum Gasteiger partial charge on any atom is -0.490 e. The van der Waals surface area contributed by atoms with Gasteiger partial charge in [-0.2, -0.15) is 18.3 Å². The first kappa shape index (κ1) is 17.1. The number of hydrogen-bond donors (Lipinski definition) is 1. The highest BCUT2D eigenvalue weighted by molar-refractivity contribution is 5.68. The van der Waals surface area contributed by atoms with E-state index in [1.54, 1.807) is 18.2 Å². The van der Waals surface area contributed by atoms with Crippen LogP contribution in [0, 0.1) is 0 Å². The Morgan fingerprint density at radius 1 is 1.26 bits per heavy atom. The second-order valence-electron chi connectivity index (χ2n) is 5.45. The van der Waals surface area contributed by atoms with Gasteiger partial charge in [-0.25, -0.2) is 0 Å². The molecule has 126 valence electrons. The van der Waals surface area contributed by atoms with Gasteiger partial charge in [0.1, 0.15) is 18.9 Å². The number of halogens is 3. The molecule has 0 saturated heterocycles. The number of anilines is 1. The first-order chi connectivity index (χ1) is 10.7. The summed E-state index contributed by atoms with van der Waals surface area (Å²) in [6.45, 7) is 0.0787. The Morgan fingerprint density at radius 2 is 2.00 bits per heavy atom. The molecule has 0 saturated carbocycles. The lowest BCUT2D eigenvalue weighted by Gasteiger charge is -2.13. The average molecular weight is 328 g/mol. The standard InChI is InChI=1S/C15H19F3N4O/c1-21(2)5-6-23-14-7-11(3-4-13(14)19)12-8-20-22(9-12)10-15(16,17)18/h3-4,7-9H,5-6,10,19H2,1-2H3. The molecule has 0 aliphatic carbocycles. The highest BCUT2D eigenvalue weighted by Crippen LogP contribution is 2.29. The van der Waals surface area contributed by atoms with Crippen molar-refractivity contribution < 1.29 is 17.9 Å². The van der Waals surface area contributed by atoms with Gasteiger partial charge in [-0.1, -0.05) is 6.07 Å². The van der Waals surface area contributed by atoms with Gasteiger partial charge in [0.05, 0.1) is 11.9 Å². The van der Waals surface area contributed by atoms with E-state index in [1.807, 2.05) is 19.0 Å². The largest absolute Gasteiger partial charge is 0.490 e. The van der Waals surface area contributed by atoms with Crippen LogP contribution in [0.5, 0.6) is 5.75 Å². The maximum atomic E-state index is 12.4. The van der Waals surface area contributed by atoms with E-state index in [9.17, 15) is 13.2 Å². The van der Waals surface area contributed by atoms with Gasteiger partial charge >= 0.3 is 6.18 Å². The highest BCUT2D eigenvalue weighted by Gasteiger charge is 2.28. The summed E-state index contributed by atoms with van der Waals surface area (Å²) >= 11 is 0. The van der Waals surface area contributed by atoms with E-state index in [0.717, 1.165) is 11.2 Å². The Balaban J connectivity index is 2.14. The van der Waals surface area contributed by atoms with Crippen LogP contribution in [0.3, 0.4) is 0 Å². The minimum atomic E-state index is -4.30. The first-order valence-corrected chi connectivity index (χ1v) is 7.01. The number of ether oxygens (including phenoxy) is 1. The van der Waals surface area contributed by atoms with Crippen molar-refractivity contribution in [3.63, 3.8) is 0 Å². The second-order valence-corrected chi connectivity index (χ2v) is 5.45. The number of benzene rings is 1. The van der Waals surface area contributed by atoms with Crippen LogP contribution in [-0.4, -0.2) is 48.1 Å². The van der Waals surface area contributed by atoms with Crippen molar-refractivity contribution >= 4 is 5.69 Å². The fourth-order valence-corrected chi connectivity index (χ4v) is 1.96. The van der Waals surface area contributed by atoms with Crippen LogP contribution in [-0.2, 0) is 6.54 Å². The Morgan fingerprint density at radius 3 is 2.65 bits per heavy atom. The molecule has 2 rings (SSSR count). The lowest BCUT2D eigenvalue weighted by Crippen LogP contribution is -2.19. The van der Waals surface area contributed by atoms with Gasteiger partial charge in [-0.15, -0.1) is 0 Å². The lowest BCUT2D eigenvalue weighted by molar-refractivity contribution is -0.142. The first-order valence-electron chi connectivity index (χ1n) is 7.01. The van der Waals surface area contributed by atoms with Crippen molar-refractivity contribution in [1.29, 1.82) is 0 Å². The number of alkyl halides is 3. The molecule has 0 amide bonds. The van der Waals surface area contributed by atoms with E-state index in [0.29, 0.717) is 29.2 Å². The Bertz CT molecular complexity index is 652. The average Bonchev–Trinajstić information content (AvgIpc) is 2.86. The Hall–Kier alpha value is -2.22. The number of nitrogens with zero attached hydrogens (tertiary/aromatic N) is 3. The Labute approximate surface area is 132 Å². The van der Waals surface area contributed by atoms with Crippen LogP contribution >= 0.6 is 0 Å². The molecular weight excluding hydrogens is 309 g/mol. The molecule has 23 heavy (non-hydrogen) atoms. The summed E-state index contributed by atoms with van der Waals surface area (Å²) in [5, 5.41) is 3.73. The predicted molar refractivity (Wildman–Crippen MR) is 82.2 cm³/mol. The molecule has 0 aliphatic heterocycles. The van der Waals surface area contributed by atoms with Gasteiger partial charge in [0, 0.05) is 18.3 Å². The molecule has 0 aliphatic rings. The number of aromatic nitrogens is 2. The van der Waals surface area contributed by atoms with Crippen molar-refractivity contribution in [2.24, 2.45) is 0 Å². The van der Waals surface area contributed by atoms with E-state index in [-0.39, 0.29) is 0 Å². The SMILES string of the molecule is CN(C)CCOc1cc(-c2cnn(CC(F)(F)F)c2)ccc1N. The summed E-state index contributed by atoms with van der Waals surface area (Å²) in [7, 11) is 3.86. The number of hydrogen-bond acceptors (Lipinski definition) is 4. The fraction of sp³-hybridized carbons (Fsp3) is 0.400. The fourth-order valence-electron chi connectivity index (χ4n) is 1.96. The summed E-state index contributed by atoms with van der Waals surface area (Å²) in [6.07, 6.45) is -1.56. The summed E-state index contributed by atoms with van der Waals surface area (Å²) in [4.78, 5) is 1.97. The van der Waals surface area contributed by atoms with E-state index < -0.39 is 12.7 Å². The zero-order valence-corrected chi connectivity index (χ0v) is 13.0. The van der Waals surface area contributed by atoms with Crippen molar-refractivity contribution in [3.05, 3.63) is 30.6 Å². The molecule has 0 bridgehead atoms. The molecule has 1 heterocycles. The lowest BCUT2D eigenvalue weighted by atomic mass is 10.1. The third-order valence-electron chi connectivity index (χ3n) is 3.12. The van der Waals surface area contributed by atoms with Crippen molar-refractivity contribution in [1.82, 2.24) is 14.7 Å². The molecule has 2 aromatic rings. The van der Waals surface area contributed by atoms with Crippen LogP contribution < -0.4 is 10.5 Å². The molecule has 0 radical (unpaired) electrons. The molecule has 0 fully saturated rings. The molecular formula is C15H19F3N4O. The number of likely N-dealkylation sites (N-methyl/N-ethyl adjacent to an activating group) is 1. The second kappa shape index (κ2) is 6.91. The number of nitrogen functional groups attached to an aromatic ring is 1.